The van der Waals surface area contributed by atoms with E-state index < -0.39 is 0 Å². The van der Waals surface area contributed by atoms with Gasteiger partial charge in [0.1, 0.15) is 10.9 Å². The second-order valence-electron chi connectivity index (χ2n) is 3.74. The van der Waals surface area contributed by atoms with Crippen molar-refractivity contribution in [2.45, 2.75) is 31.9 Å². The molecule has 0 radical (unpaired) electrons. The minimum Gasteiger partial charge on any atom is -0.376 e. The minimum atomic E-state index is 0.191. The molecule has 2 heterocycles. The van der Waals surface area contributed by atoms with Gasteiger partial charge in [-0.3, -0.25) is 0 Å². The maximum Gasteiger partial charge on any atom is 0.185 e. The molecular weight excluding hydrogens is 246 g/mol. The van der Waals surface area contributed by atoms with Gasteiger partial charge < -0.3 is 10.1 Å². The molecule has 1 N–H and O–H groups in total. The molecule has 1 fully saturated rings. The van der Waals surface area contributed by atoms with Crippen LogP contribution in [0.15, 0.2) is 0 Å². The lowest BCUT2D eigenvalue weighted by Gasteiger charge is -2.19. The molecule has 2 atom stereocenters. The van der Waals surface area contributed by atoms with Crippen LogP contribution in [0.3, 0.4) is 0 Å². The van der Waals surface area contributed by atoms with Gasteiger partial charge in [-0.05, 0) is 19.8 Å². The molecule has 0 aromatic carbocycles. The fraction of sp³-hybridized carbons (Fsp3) is 0.600. The van der Waals surface area contributed by atoms with E-state index in [1.807, 2.05) is 6.07 Å². The summed E-state index contributed by atoms with van der Waals surface area (Å²) < 4.78 is 5.57. The Hall–Kier alpha value is -0.830. The van der Waals surface area contributed by atoms with Crippen LogP contribution in [0.2, 0.25) is 5.15 Å². The van der Waals surface area contributed by atoms with Crippen LogP contribution in [0.25, 0.3) is 0 Å². The molecule has 86 valence electrons. The standard InChI is InChI=1S/C10H12ClN3OS/c1-6(7-3-2-4-15-7)13-10-14-9(11)8(5-12)16-10/h6-7H,2-4H2,1H3,(H,13,14). The van der Waals surface area contributed by atoms with Gasteiger partial charge in [-0.15, -0.1) is 0 Å². The normalized spacial score (nSPS) is 21.7. The Morgan fingerprint density at radius 1 is 1.75 bits per heavy atom. The summed E-state index contributed by atoms with van der Waals surface area (Å²) in [5.74, 6) is 0. The highest BCUT2D eigenvalue weighted by atomic mass is 35.5. The van der Waals surface area contributed by atoms with Crippen molar-refractivity contribution in [3.05, 3.63) is 10.0 Å². The van der Waals surface area contributed by atoms with E-state index in [9.17, 15) is 0 Å². The molecule has 0 spiro atoms. The number of anilines is 1. The number of nitrogens with one attached hydrogen (secondary N) is 1. The van der Waals surface area contributed by atoms with Crippen molar-refractivity contribution in [2.75, 3.05) is 11.9 Å². The maximum absolute atomic E-state index is 8.76. The summed E-state index contributed by atoms with van der Waals surface area (Å²) in [7, 11) is 0. The minimum absolute atomic E-state index is 0.191. The number of hydrogen-bond donors (Lipinski definition) is 1. The zero-order valence-corrected chi connectivity index (χ0v) is 10.4. The Kier molecular flexibility index (Phi) is 3.64. The van der Waals surface area contributed by atoms with Gasteiger partial charge in [-0.2, -0.15) is 5.26 Å². The molecule has 1 aromatic rings. The smallest absolute Gasteiger partial charge is 0.185 e. The molecule has 0 amide bonds. The molecule has 1 aliphatic rings. The van der Waals surface area contributed by atoms with Gasteiger partial charge in [0.15, 0.2) is 10.3 Å². The SMILES string of the molecule is CC(Nc1nc(Cl)c(C#N)s1)C1CCCO1. The van der Waals surface area contributed by atoms with E-state index in [0.717, 1.165) is 19.4 Å². The number of aromatic nitrogens is 1. The van der Waals surface area contributed by atoms with Crippen LogP contribution < -0.4 is 5.32 Å². The largest absolute Gasteiger partial charge is 0.376 e. The lowest BCUT2D eigenvalue weighted by molar-refractivity contribution is 0.0996. The van der Waals surface area contributed by atoms with Gasteiger partial charge in [0.2, 0.25) is 0 Å². The lowest BCUT2D eigenvalue weighted by atomic mass is 10.1. The number of hydrogen-bond acceptors (Lipinski definition) is 5. The first kappa shape index (κ1) is 11.6. The molecule has 0 saturated carbocycles. The van der Waals surface area contributed by atoms with Crippen LogP contribution in [0.4, 0.5) is 5.13 Å². The summed E-state index contributed by atoms with van der Waals surface area (Å²) in [5, 5.41) is 12.9. The maximum atomic E-state index is 8.76. The van der Waals surface area contributed by atoms with E-state index in [2.05, 4.69) is 17.2 Å². The van der Waals surface area contributed by atoms with E-state index in [1.54, 1.807) is 0 Å². The number of rotatable bonds is 3. The predicted molar refractivity (Wildman–Crippen MR) is 63.9 cm³/mol. The Labute approximate surface area is 103 Å². The zero-order chi connectivity index (χ0) is 11.5. The first-order valence-electron chi connectivity index (χ1n) is 5.15. The summed E-state index contributed by atoms with van der Waals surface area (Å²) in [5.41, 5.74) is 0. The average Bonchev–Trinajstić information content (AvgIpc) is 2.87. The van der Waals surface area contributed by atoms with Crippen LogP contribution in [-0.4, -0.2) is 23.7 Å². The van der Waals surface area contributed by atoms with Gasteiger partial charge in [-0.1, -0.05) is 22.9 Å². The van der Waals surface area contributed by atoms with Crippen molar-refractivity contribution in [3.8, 4) is 6.07 Å². The van der Waals surface area contributed by atoms with Crippen molar-refractivity contribution >= 4 is 28.1 Å². The molecule has 1 aliphatic heterocycles. The monoisotopic (exact) mass is 257 g/mol. The third kappa shape index (κ3) is 2.46. The third-order valence-electron chi connectivity index (χ3n) is 2.56. The van der Waals surface area contributed by atoms with Gasteiger partial charge in [0, 0.05) is 6.61 Å². The molecule has 16 heavy (non-hydrogen) atoms. The highest BCUT2D eigenvalue weighted by Gasteiger charge is 2.23. The first-order valence-corrected chi connectivity index (χ1v) is 6.34. The second kappa shape index (κ2) is 5.00. The molecule has 0 bridgehead atoms. The van der Waals surface area contributed by atoms with Crippen LogP contribution in [-0.2, 0) is 4.74 Å². The zero-order valence-electron chi connectivity index (χ0n) is 8.86. The van der Waals surface area contributed by atoms with Crippen LogP contribution in [0.1, 0.15) is 24.6 Å². The summed E-state index contributed by atoms with van der Waals surface area (Å²) in [6, 6.07) is 2.20. The molecule has 1 saturated heterocycles. The Morgan fingerprint density at radius 2 is 2.56 bits per heavy atom. The van der Waals surface area contributed by atoms with Gasteiger partial charge in [-0.25, -0.2) is 4.98 Å². The summed E-state index contributed by atoms with van der Waals surface area (Å²) >= 11 is 7.07. The third-order valence-corrected chi connectivity index (χ3v) is 3.84. The van der Waals surface area contributed by atoms with Gasteiger partial charge in [0.05, 0.1) is 12.1 Å². The predicted octanol–water partition coefficient (Wildman–Crippen LogP) is 2.65. The summed E-state index contributed by atoms with van der Waals surface area (Å²) in [4.78, 5) is 4.54. The summed E-state index contributed by atoms with van der Waals surface area (Å²) in [6.45, 7) is 2.89. The molecule has 2 unspecified atom stereocenters. The van der Waals surface area contributed by atoms with E-state index in [1.165, 1.54) is 11.3 Å². The van der Waals surface area contributed by atoms with E-state index >= 15 is 0 Å². The van der Waals surface area contributed by atoms with E-state index in [-0.39, 0.29) is 17.3 Å². The highest BCUT2D eigenvalue weighted by Crippen LogP contribution is 2.27. The second-order valence-corrected chi connectivity index (χ2v) is 5.09. The fourth-order valence-electron chi connectivity index (χ4n) is 1.72. The van der Waals surface area contributed by atoms with Gasteiger partial charge in [0.25, 0.3) is 0 Å². The van der Waals surface area contributed by atoms with E-state index in [4.69, 9.17) is 21.6 Å². The van der Waals surface area contributed by atoms with Crippen molar-refractivity contribution in [1.82, 2.24) is 4.98 Å². The number of nitriles is 1. The molecule has 6 heteroatoms. The number of nitrogens with zero attached hydrogens (tertiary/aromatic N) is 2. The number of thiazole rings is 1. The quantitative estimate of drug-likeness (QED) is 0.904. The highest BCUT2D eigenvalue weighted by molar-refractivity contribution is 7.16. The van der Waals surface area contributed by atoms with Crippen molar-refractivity contribution in [2.24, 2.45) is 0 Å². The average molecular weight is 258 g/mol. The van der Waals surface area contributed by atoms with Crippen molar-refractivity contribution in [1.29, 1.82) is 5.26 Å². The fourth-order valence-corrected chi connectivity index (χ4v) is 2.76. The lowest BCUT2D eigenvalue weighted by Crippen LogP contribution is -2.29. The van der Waals surface area contributed by atoms with Gasteiger partial charge >= 0.3 is 0 Å². The van der Waals surface area contributed by atoms with E-state index in [0.29, 0.717) is 10.0 Å². The topological polar surface area (TPSA) is 57.9 Å². The molecule has 1 aromatic heterocycles. The number of ether oxygens (including phenoxy) is 1. The first-order chi connectivity index (χ1) is 7.70. The van der Waals surface area contributed by atoms with Crippen LogP contribution in [0.5, 0.6) is 0 Å². The van der Waals surface area contributed by atoms with Crippen LogP contribution >= 0.6 is 22.9 Å². The molecule has 2 rings (SSSR count). The van der Waals surface area contributed by atoms with Crippen molar-refractivity contribution in [3.63, 3.8) is 0 Å². The molecular formula is C10H12ClN3OS. The number of halogens is 1. The van der Waals surface area contributed by atoms with Crippen LogP contribution in [0, 0.1) is 11.3 Å². The molecule has 4 nitrogen and oxygen atoms in total. The Morgan fingerprint density at radius 3 is 3.12 bits per heavy atom. The van der Waals surface area contributed by atoms with Crippen molar-refractivity contribution < 1.29 is 4.74 Å². The molecule has 0 aliphatic carbocycles. The Bertz CT molecular complexity index is 409. The Balaban J connectivity index is 2.00. The summed E-state index contributed by atoms with van der Waals surface area (Å²) in [6.07, 6.45) is 2.41.